The lowest BCUT2D eigenvalue weighted by Gasteiger charge is -2.22. The van der Waals surface area contributed by atoms with Crippen molar-refractivity contribution in [2.45, 2.75) is 39.2 Å². The summed E-state index contributed by atoms with van der Waals surface area (Å²) in [6, 6.07) is 0. The Kier molecular flexibility index (Phi) is 6.22. The number of nitrogens with zero attached hydrogens (tertiary/aromatic N) is 1. The van der Waals surface area contributed by atoms with E-state index in [0.717, 1.165) is 19.1 Å². The SMILES string of the molecule is CCCC1CCN(CC(CN)OCC)C1. The van der Waals surface area contributed by atoms with Crippen LogP contribution in [-0.2, 0) is 4.74 Å². The first-order valence-electron chi connectivity index (χ1n) is 6.34. The van der Waals surface area contributed by atoms with Gasteiger partial charge in [-0.1, -0.05) is 13.3 Å². The highest BCUT2D eigenvalue weighted by Crippen LogP contribution is 2.20. The highest BCUT2D eigenvalue weighted by molar-refractivity contribution is 4.77. The van der Waals surface area contributed by atoms with E-state index in [2.05, 4.69) is 11.8 Å². The summed E-state index contributed by atoms with van der Waals surface area (Å²) in [6.45, 7) is 9.21. The Morgan fingerprint density at radius 3 is 2.87 bits per heavy atom. The van der Waals surface area contributed by atoms with Crippen LogP contribution in [0.25, 0.3) is 0 Å². The van der Waals surface area contributed by atoms with Gasteiger partial charge in [0.2, 0.25) is 0 Å². The van der Waals surface area contributed by atoms with Crippen molar-refractivity contribution in [3.8, 4) is 0 Å². The average Bonchev–Trinajstić information content (AvgIpc) is 2.66. The molecule has 0 aliphatic carbocycles. The molecule has 0 aromatic heterocycles. The summed E-state index contributed by atoms with van der Waals surface area (Å²) in [4.78, 5) is 2.51. The second-order valence-electron chi connectivity index (χ2n) is 4.52. The molecule has 2 unspecified atom stereocenters. The van der Waals surface area contributed by atoms with Gasteiger partial charge in [0.25, 0.3) is 0 Å². The molecule has 0 bridgehead atoms. The first kappa shape index (κ1) is 12.9. The van der Waals surface area contributed by atoms with Gasteiger partial charge in [0.05, 0.1) is 6.10 Å². The first-order chi connectivity index (χ1) is 7.30. The van der Waals surface area contributed by atoms with Crippen LogP contribution in [0.4, 0.5) is 0 Å². The molecule has 0 radical (unpaired) electrons. The van der Waals surface area contributed by atoms with Crippen LogP contribution in [0.5, 0.6) is 0 Å². The number of hydrogen-bond donors (Lipinski definition) is 1. The number of rotatable bonds is 7. The molecule has 2 N–H and O–H groups in total. The second-order valence-corrected chi connectivity index (χ2v) is 4.52. The predicted molar refractivity (Wildman–Crippen MR) is 63.9 cm³/mol. The molecule has 0 amide bonds. The summed E-state index contributed by atoms with van der Waals surface area (Å²) in [5.41, 5.74) is 5.68. The minimum absolute atomic E-state index is 0.232. The molecule has 90 valence electrons. The summed E-state index contributed by atoms with van der Waals surface area (Å²) in [7, 11) is 0. The molecule has 3 nitrogen and oxygen atoms in total. The van der Waals surface area contributed by atoms with Crippen molar-refractivity contribution in [2.24, 2.45) is 11.7 Å². The van der Waals surface area contributed by atoms with Crippen LogP contribution < -0.4 is 5.73 Å². The van der Waals surface area contributed by atoms with Gasteiger partial charge in [-0.3, -0.25) is 0 Å². The zero-order valence-electron chi connectivity index (χ0n) is 10.2. The topological polar surface area (TPSA) is 38.5 Å². The standard InChI is InChI=1S/C12H26N2O/c1-3-5-11-6-7-14(9-11)10-12(8-13)15-4-2/h11-12H,3-10,13H2,1-2H3. The van der Waals surface area contributed by atoms with Crippen molar-refractivity contribution in [3.05, 3.63) is 0 Å². The lowest BCUT2D eigenvalue weighted by molar-refractivity contribution is 0.0439. The molecule has 15 heavy (non-hydrogen) atoms. The predicted octanol–water partition coefficient (Wildman–Crippen LogP) is 1.47. The van der Waals surface area contributed by atoms with Crippen molar-refractivity contribution in [1.29, 1.82) is 0 Å². The molecule has 3 heteroatoms. The van der Waals surface area contributed by atoms with Gasteiger partial charge in [-0.25, -0.2) is 0 Å². The van der Waals surface area contributed by atoms with E-state index in [1.165, 1.54) is 32.4 Å². The van der Waals surface area contributed by atoms with E-state index >= 15 is 0 Å². The van der Waals surface area contributed by atoms with E-state index in [4.69, 9.17) is 10.5 Å². The van der Waals surface area contributed by atoms with Crippen molar-refractivity contribution in [1.82, 2.24) is 4.90 Å². The fourth-order valence-corrected chi connectivity index (χ4v) is 2.44. The van der Waals surface area contributed by atoms with E-state index in [-0.39, 0.29) is 6.10 Å². The lowest BCUT2D eigenvalue weighted by Crippen LogP contribution is -2.37. The molecular weight excluding hydrogens is 188 g/mol. The maximum atomic E-state index is 5.68. The molecule has 0 saturated carbocycles. The molecule has 0 aromatic rings. The van der Waals surface area contributed by atoms with Gasteiger partial charge in [0.1, 0.15) is 0 Å². The third-order valence-electron chi connectivity index (χ3n) is 3.19. The summed E-state index contributed by atoms with van der Waals surface area (Å²) in [5, 5.41) is 0. The third kappa shape index (κ3) is 4.49. The Morgan fingerprint density at radius 2 is 2.27 bits per heavy atom. The van der Waals surface area contributed by atoms with Crippen molar-refractivity contribution in [3.63, 3.8) is 0 Å². The van der Waals surface area contributed by atoms with Crippen LogP contribution in [0, 0.1) is 5.92 Å². The first-order valence-corrected chi connectivity index (χ1v) is 6.34. The van der Waals surface area contributed by atoms with E-state index in [9.17, 15) is 0 Å². The molecule has 2 atom stereocenters. The summed E-state index contributed by atoms with van der Waals surface area (Å²) in [5.74, 6) is 0.912. The van der Waals surface area contributed by atoms with Crippen LogP contribution in [0.3, 0.4) is 0 Å². The highest BCUT2D eigenvalue weighted by atomic mass is 16.5. The van der Waals surface area contributed by atoms with Gasteiger partial charge in [0.15, 0.2) is 0 Å². The van der Waals surface area contributed by atoms with Crippen LogP contribution in [0.2, 0.25) is 0 Å². The number of likely N-dealkylation sites (tertiary alicyclic amines) is 1. The highest BCUT2D eigenvalue weighted by Gasteiger charge is 2.23. The molecule has 1 heterocycles. The smallest absolute Gasteiger partial charge is 0.0823 e. The number of ether oxygens (including phenoxy) is 1. The molecule has 1 fully saturated rings. The molecule has 1 rings (SSSR count). The minimum Gasteiger partial charge on any atom is -0.376 e. The molecule has 1 aliphatic rings. The second kappa shape index (κ2) is 7.20. The normalized spacial score (nSPS) is 24.6. The maximum absolute atomic E-state index is 5.68. The van der Waals surface area contributed by atoms with Crippen molar-refractivity contribution >= 4 is 0 Å². The summed E-state index contributed by atoms with van der Waals surface area (Å²) in [6.07, 6.45) is 4.27. The van der Waals surface area contributed by atoms with Crippen molar-refractivity contribution in [2.75, 3.05) is 32.8 Å². The Hall–Kier alpha value is -0.120. The molecule has 1 saturated heterocycles. The van der Waals surface area contributed by atoms with Gasteiger partial charge < -0.3 is 15.4 Å². The van der Waals surface area contributed by atoms with Gasteiger partial charge in [-0.15, -0.1) is 0 Å². The average molecular weight is 214 g/mol. The zero-order valence-corrected chi connectivity index (χ0v) is 10.2. The lowest BCUT2D eigenvalue weighted by atomic mass is 10.0. The maximum Gasteiger partial charge on any atom is 0.0823 e. The van der Waals surface area contributed by atoms with Crippen LogP contribution in [-0.4, -0.2) is 43.8 Å². The Labute approximate surface area is 94.0 Å². The van der Waals surface area contributed by atoms with Crippen LogP contribution in [0.1, 0.15) is 33.1 Å². The fourth-order valence-electron chi connectivity index (χ4n) is 2.44. The van der Waals surface area contributed by atoms with Gasteiger partial charge in [-0.05, 0) is 32.2 Å². The Bertz CT molecular complexity index is 164. The largest absolute Gasteiger partial charge is 0.376 e. The van der Waals surface area contributed by atoms with Crippen molar-refractivity contribution < 1.29 is 4.74 Å². The molecule has 0 aromatic carbocycles. The summed E-state index contributed by atoms with van der Waals surface area (Å²) >= 11 is 0. The Morgan fingerprint density at radius 1 is 1.47 bits per heavy atom. The minimum atomic E-state index is 0.232. The quantitative estimate of drug-likeness (QED) is 0.697. The van der Waals surface area contributed by atoms with Gasteiger partial charge in [-0.2, -0.15) is 0 Å². The molecule has 1 aliphatic heterocycles. The van der Waals surface area contributed by atoms with E-state index in [1.54, 1.807) is 0 Å². The molecule has 0 spiro atoms. The van der Waals surface area contributed by atoms with Gasteiger partial charge >= 0.3 is 0 Å². The third-order valence-corrected chi connectivity index (χ3v) is 3.19. The van der Waals surface area contributed by atoms with E-state index < -0.39 is 0 Å². The molecular formula is C12H26N2O. The Balaban J connectivity index is 2.21. The zero-order chi connectivity index (χ0) is 11.1. The number of hydrogen-bond acceptors (Lipinski definition) is 3. The fraction of sp³-hybridized carbons (Fsp3) is 1.00. The van der Waals surface area contributed by atoms with Crippen LogP contribution >= 0.6 is 0 Å². The van der Waals surface area contributed by atoms with E-state index in [1.807, 2.05) is 6.92 Å². The number of nitrogens with two attached hydrogens (primary N) is 1. The van der Waals surface area contributed by atoms with Crippen LogP contribution in [0.15, 0.2) is 0 Å². The summed E-state index contributed by atoms with van der Waals surface area (Å²) < 4.78 is 5.58. The monoisotopic (exact) mass is 214 g/mol. The van der Waals surface area contributed by atoms with Gasteiger partial charge in [0, 0.05) is 26.2 Å². The van der Waals surface area contributed by atoms with E-state index in [0.29, 0.717) is 6.54 Å².